The fraction of sp³-hybridized carbons (Fsp3) is 0.273. The van der Waals surface area contributed by atoms with Gasteiger partial charge in [0.1, 0.15) is 0 Å². The number of anilines is 2. The van der Waals surface area contributed by atoms with Crippen LogP contribution >= 0.6 is 12.4 Å². The molecule has 6 nitrogen and oxygen atoms in total. The highest BCUT2D eigenvalue weighted by Gasteiger charge is 2.21. The van der Waals surface area contributed by atoms with Crippen molar-refractivity contribution >= 4 is 35.7 Å². The van der Waals surface area contributed by atoms with Gasteiger partial charge in [-0.05, 0) is 38.1 Å². The first-order valence-electron chi connectivity index (χ1n) is 5.06. The van der Waals surface area contributed by atoms with Crippen LogP contribution in [0.4, 0.5) is 16.2 Å². The molecule has 7 heteroatoms. The average molecular weight is 273 g/mol. The summed E-state index contributed by atoms with van der Waals surface area (Å²) in [7, 11) is 0. The molecule has 0 unspecified atom stereocenters. The Morgan fingerprint density at radius 3 is 1.78 bits per heavy atom. The van der Waals surface area contributed by atoms with Crippen molar-refractivity contribution < 1.29 is 9.59 Å². The van der Waals surface area contributed by atoms with Crippen LogP contribution in [-0.4, -0.2) is 17.5 Å². The number of halogens is 1. The molecule has 0 atom stereocenters. The van der Waals surface area contributed by atoms with Crippen LogP contribution in [0, 0.1) is 0 Å². The summed E-state index contributed by atoms with van der Waals surface area (Å²) in [4.78, 5) is 22.2. The number of nitrogens with one attached hydrogen (secondary N) is 2. The summed E-state index contributed by atoms with van der Waals surface area (Å²) in [5.74, 6) is -0.284. The highest BCUT2D eigenvalue weighted by atomic mass is 35.5. The van der Waals surface area contributed by atoms with Crippen LogP contribution in [0.5, 0.6) is 0 Å². The zero-order valence-electron chi connectivity index (χ0n) is 10.2. The molecule has 0 spiro atoms. The summed E-state index contributed by atoms with van der Waals surface area (Å²) in [6, 6.07) is 5.92. The Labute approximate surface area is 112 Å². The molecule has 0 aliphatic rings. The summed E-state index contributed by atoms with van der Waals surface area (Å²) < 4.78 is 0. The molecule has 0 saturated heterocycles. The van der Waals surface area contributed by atoms with E-state index in [0.29, 0.717) is 11.4 Å². The van der Waals surface area contributed by atoms with Crippen molar-refractivity contribution in [2.45, 2.75) is 19.4 Å². The number of hydrogen-bond acceptors (Lipinski definition) is 3. The lowest BCUT2D eigenvalue weighted by Gasteiger charge is -2.17. The third kappa shape index (κ3) is 5.03. The van der Waals surface area contributed by atoms with Gasteiger partial charge in [0.15, 0.2) is 0 Å². The highest BCUT2D eigenvalue weighted by Crippen LogP contribution is 2.14. The van der Waals surface area contributed by atoms with Crippen LogP contribution in [-0.2, 0) is 4.79 Å². The molecule has 3 amide bonds. The van der Waals surface area contributed by atoms with Crippen LogP contribution < -0.4 is 22.1 Å². The third-order valence-corrected chi connectivity index (χ3v) is 2.00. The van der Waals surface area contributed by atoms with Gasteiger partial charge in [-0.15, -0.1) is 12.4 Å². The van der Waals surface area contributed by atoms with Gasteiger partial charge >= 0.3 is 6.03 Å². The van der Waals surface area contributed by atoms with E-state index in [1.54, 1.807) is 38.1 Å². The van der Waals surface area contributed by atoms with Crippen molar-refractivity contribution in [3.8, 4) is 0 Å². The predicted octanol–water partition coefficient (Wildman–Crippen LogP) is 1.27. The molecule has 1 aromatic carbocycles. The van der Waals surface area contributed by atoms with Gasteiger partial charge in [0.25, 0.3) is 0 Å². The van der Waals surface area contributed by atoms with E-state index in [1.807, 2.05) is 0 Å². The van der Waals surface area contributed by atoms with Gasteiger partial charge in [-0.25, -0.2) is 4.79 Å². The SMILES string of the molecule is CC(C)(N)C(=O)Nc1ccc(NC(N)=O)cc1.Cl. The Kier molecular flexibility index (Phi) is 5.61. The molecular weight excluding hydrogens is 256 g/mol. The van der Waals surface area contributed by atoms with Crippen LogP contribution in [0.1, 0.15) is 13.8 Å². The van der Waals surface area contributed by atoms with E-state index in [-0.39, 0.29) is 18.3 Å². The van der Waals surface area contributed by atoms with E-state index in [1.165, 1.54) is 0 Å². The second kappa shape index (κ2) is 6.23. The standard InChI is InChI=1S/C11H16N4O2.ClH/c1-11(2,13)9(16)14-7-3-5-8(6-4-7)15-10(12)17;/h3-6H,13H2,1-2H3,(H,14,16)(H3,12,15,17);1H. The molecule has 0 bridgehead atoms. The van der Waals surface area contributed by atoms with Crippen LogP contribution in [0.15, 0.2) is 24.3 Å². The van der Waals surface area contributed by atoms with Crippen LogP contribution in [0.3, 0.4) is 0 Å². The minimum absolute atomic E-state index is 0. The molecule has 6 N–H and O–H groups in total. The summed E-state index contributed by atoms with van der Waals surface area (Å²) in [6.07, 6.45) is 0. The minimum atomic E-state index is -0.940. The van der Waals surface area contributed by atoms with E-state index < -0.39 is 11.6 Å². The van der Waals surface area contributed by atoms with E-state index in [9.17, 15) is 9.59 Å². The molecule has 18 heavy (non-hydrogen) atoms. The maximum Gasteiger partial charge on any atom is 0.316 e. The number of amides is 3. The smallest absolute Gasteiger partial charge is 0.316 e. The molecule has 0 saturated carbocycles. The van der Waals surface area contributed by atoms with E-state index >= 15 is 0 Å². The Morgan fingerprint density at radius 1 is 1.06 bits per heavy atom. The summed E-state index contributed by atoms with van der Waals surface area (Å²) in [5.41, 5.74) is 10.8. The molecule has 1 aromatic rings. The number of carbonyl (C=O) groups is 2. The summed E-state index contributed by atoms with van der Waals surface area (Å²) in [6.45, 7) is 3.23. The zero-order valence-corrected chi connectivity index (χ0v) is 11.0. The first kappa shape index (κ1) is 16.2. The maximum absolute atomic E-state index is 11.6. The fourth-order valence-corrected chi connectivity index (χ4v) is 1.07. The highest BCUT2D eigenvalue weighted by molar-refractivity contribution is 5.97. The molecule has 1 rings (SSSR count). The van der Waals surface area contributed by atoms with Crippen LogP contribution in [0.2, 0.25) is 0 Å². The van der Waals surface area contributed by atoms with Gasteiger partial charge in [0.05, 0.1) is 5.54 Å². The van der Waals surface area contributed by atoms with Gasteiger partial charge in [-0.1, -0.05) is 0 Å². The lowest BCUT2D eigenvalue weighted by atomic mass is 10.1. The predicted molar refractivity (Wildman–Crippen MR) is 73.8 cm³/mol. The lowest BCUT2D eigenvalue weighted by molar-refractivity contribution is -0.120. The van der Waals surface area contributed by atoms with E-state index in [2.05, 4.69) is 10.6 Å². The summed E-state index contributed by atoms with van der Waals surface area (Å²) >= 11 is 0. The normalized spacial score (nSPS) is 10.2. The number of nitrogens with two attached hydrogens (primary N) is 2. The quantitative estimate of drug-likeness (QED) is 0.665. The maximum atomic E-state index is 11.6. The Bertz CT molecular complexity index is 426. The number of carbonyl (C=O) groups excluding carboxylic acids is 2. The minimum Gasteiger partial charge on any atom is -0.351 e. The number of hydrogen-bond donors (Lipinski definition) is 4. The molecule has 0 aliphatic heterocycles. The topological polar surface area (TPSA) is 110 Å². The fourth-order valence-electron chi connectivity index (χ4n) is 1.07. The average Bonchev–Trinajstić information content (AvgIpc) is 2.18. The van der Waals surface area contributed by atoms with Gasteiger partial charge in [-0.2, -0.15) is 0 Å². The van der Waals surface area contributed by atoms with Crippen molar-refractivity contribution in [1.29, 1.82) is 0 Å². The molecule has 0 aromatic heterocycles. The zero-order chi connectivity index (χ0) is 13.1. The molecule has 0 radical (unpaired) electrons. The number of rotatable bonds is 3. The van der Waals surface area contributed by atoms with Gasteiger partial charge in [0.2, 0.25) is 5.91 Å². The largest absolute Gasteiger partial charge is 0.351 e. The van der Waals surface area contributed by atoms with E-state index in [4.69, 9.17) is 11.5 Å². The van der Waals surface area contributed by atoms with Gasteiger partial charge in [-0.3, -0.25) is 4.79 Å². The van der Waals surface area contributed by atoms with Gasteiger partial charge in [0, 0.05) is 11.4 Å². The molecule has 0 fully saturated rings. The lowest BCUT2D eigenvalue weighted by Crippen LogP contribution is -2.45. The third-order valence-electron chi connectivity index (χ3n) is 2.00. The monoisotopic (exact) mass is 272 g/mol. The molecule has 0 aliphatic carbocycles. The van der Waals surface area contributed by atoms with E-state index in [0.717, 1.165) is 0 Å². The molecule has 0 heterocycles. The second-order valence-electron chi connectivity index (χ2n) is 4.24. The van der Waals surface area contributed by atoms with Crippen molar-refractivity contribution in [2.24, 2.45) is 11.5 Å². The first-order valence-corrected chi connectivity index (χ1v) is 5.06. The van der Waals surface area contributed by atoms with Crippen molar-refractivity contribution in [1.82, 2.24) is 0 Å². The van der Waals surface area contributed by atoms with Crippen molar-refractivity contribution in [3.05, 3.63) is 24.3 Å². The number of benzene rings is 1. The number of primary amides is 1. The summed E-state index contributed by atoms with van der Waals surface area (Å²) in [5, 5.41) is 5.07. The van der Waals surface area contributed by atoms with Crippen molar-refractivity contribution in [2.75, 3.05) is 10.6 Å². The Hall–Kier alpha value is -1.79. The first-order chi connectivity index (χ1) is 7.79. The second-order valence-corrected chi connectivity index (χ2v) is 4.24. The number of urea groups is 1. The Balaban J connectivity index is 0.00000289. The van der Waals surface area contributed by atoms with Crippen molar-refractivity contribution in [3.63, 3.8) is 0 Å². The molecule has 100 valence electrons. The molecular formula is C11H17ClN4O2. The Morgan fingerprint density at radius 2 is 1.44 bits per heavy atom. The van der Waals surface area contributed by atoms with Crippen LogP contribution in [0.25, 0.3) is 0 Å². The van der Waals surface area contributed by atoms with Gasteiger partial charge < -0.3 is 22.1 Å².